The quantitative estimate of drug-likeness (QED) is 0.119. The fourth-order valence-corrected chi connectivity index (χ4v) is 6.52. The summed E-state index contributed by atoms with van der Waals surface area (Å²) in [5.41, 5.74) is 5.47. The molecule has 5 aromatic carbocycles. The smallest absolute Gasteiger partial charge is 0.272 e. The number of carbonyl (C=O) groups is 4. The number of fused-ring (bicyclic) bond motifs is 1. The molecule has 0 bridgehead atoms. The summed E-state index contributed by atoms with van der Waals surface area (Å²) < 4.78 is 5.84. The molecule has 7 rings (SSSR count). The number of amides is 4. The fourth-order valence-electron chi connectivity index (χ4n) is 5.47. The van der Waals surface area contributed by atoms with Crippen molar-refractivity contribution < 1.29 is 23.6 Å². The van der Waals surface area contributed by atoms with Gasteiger partial charge in [-0.15, -0.1) is 11.8 Å². The summed E-state index contributed by atoms with van der Waals surface area (Å²) in [5, 5.41) is 4.99. The maximum absolute atomic E-state index is 13.4. The molecule has 0 spiro atoms. The van der Waals surface area contributed by atoms with Gasteiger partial charge in [-0.1, -0.05) is 60.2 Å². The summed E-state index contributed by atoms with van der Waals surface area (Å²) in [6, 6.07) is 37.7. The van der Waals surface area contributed by atoms with Gasteiger partial charge in [0.1, 0.15) is 11.2 Å². The Morgan fingerprint density at radius 3 is 2.26 bits per heavy atom. The monoisotopic (exact) mass is 678 g/mol. The third-order valence-electron chi connectivity index (χ3n) is 8.08. The molecule has 9 nitrogen and oxygen atoms in total. The molecule has 1 fully saturated rings. The molecule has 0 radical (unpaired) electrons. The van der Waals surface area contributed by atoms with Gasteiger partial charge in [0.2, 0.25) is 17.7 Å². The van der Waals surface area contributed by atoms with E-state index in [1.165, 1.54) is 16.7 Å². The number of nitrogens with one attached hydrogen (secondary N) is 2. The van der Waals surface area contributed by atoms with Crippen molar-refractivity contribution in [2.45, 2.75) is 23.5 Å². The first kappa shape index (κ1) is 32.3. The summed E-state index contributed by atoms with van der Waals surface area (Å²) >= 11 is 1.29. The number of anilines is 2. The Morgan fingerprint density at radius 1 is 0.840 bits per heavy atom. The van der Waals surface area contributed by atoms with Gasteiger partial charge in [-0.05, 0) is 91.4 Å². The zero-order valence-corrected chi connectivity index (χ0v) is 27.6. The molecule has 4 amide bonds. The Kier molecular flexibility index (Phi) is 9.09. The molecule has 50 heavy (non-hydrogen) atoms. The lowest BCUT2D eigenvalue weighted by atomic mass is 10.1. The van der Waals surface area contributed by atoms with Crippen molar-refractivity contribution in [1.82, 2.24) is 10.3 Å². The van der Waals surface area contributed by atoms with Gasteiger partial charge >= 0.3 is 0 Å². The number of carbonyl (C=O) groups excluding carboxylic acids is 4. The van der Waals surface area contributed by atoms with Crippen molar-refractivity contribution in [1.29, 1.82) is 0 Å². The molecule has 1 unspecified atom stereocenters. The number of aromatic nitrogens is 1. The van der Waals surface area contributed by atoms with E-state index >= 15 is 0 Å². The normalized spacial score (nSPS) is 14.6. The number of para-hydroxylation sites is 2. The second-order valence-electron chi connectivity index (χ2n) is 11.7. The Bertz CT molecular complexity index is 2210. The van der Waals surface area contributed by atoms with Crippen LogP contribution in [-0.4, -0.2) is 33.9 Å². The van der Waals surface area contributed by atoms with Gasteiger partial charge in [0, 0.05) is 28.1 Å². The lowest BCUT2D eigenvalue weighted by molar-refractivity contribution is -0.121. The number of oxazole rings is 1. The van der Waals surface area contributed by atoms with Gasteiger partial charge in [-0.3, -0.25) is 19.2 Å². The average Bonchev–Trinajstić information content (AvgIpc) is 3.69. The van der Waals surface area contributed by atoms with Gasteiger partial charge in [-0.2, -0.15) is 0 Å². The highest BCUT2D eigenvalue weighted by Crippen LogP contribution is 2.35. The van der Waals surface area contributed by atoms with Gasteiger partial charge in [0.25, 0.3) is 11.8 Å². The molecular weight excluding hydrogens is 649 g/mol. The number of nitrogens with zero attached hydrogens (tertiary/aromatic N) is 2. The van der Waals surface area contributed by atoms with Crippen LogP contribution in [0.4, 0.5) is 11.4 Å². The van der Waals surface area contributed by atoms with Gasteiger partial charge in [-0.25, -0.2) is 9.88 Å². The van der Waals surface area contributed by atoms with Crippen LogP contribution in [0.1, 0.15) is 27.9 Å². The molecule has 1 aromatic heterocycles. The summed E-state index contributed by atoms with van der Waals surface area (Å²) in [6.45, 7) is 1.97. The second-order valence-corrected chi connectivity index (χ2v) is 13.0. The zero-order valence-electron chi connectivity index (χ0n) is 26.8. The van der Waals surface area contributed by atoms with E-state index in [1.807, 2.05) is 61.5 Å². The molecule has 0 aliphatic carbocycles. The van der Waals surface area contributed by atoms with Crippen LogP contribution >= 0.6 is 11.8 Å². The average molecular weight is 679 g/mol. The second kappa shape index (κ2) is 14.1. The number of hydrogen-bond acceptors (Lipinski definition) is 7. The van der Waals surface area contributed by atoms with E-state index < -0.39 is 17.1 Å². The summed E-state index contributed by atoms with van der Waals surface area (Å²) in [5.74, 6) is -1.02. The molecule has 2 heterocycles. The minimum Gasteiger partial charge on any atom is -0.436 e. The highest BCUT2D eigenvalue weighted by Gasteiger charge is 2.40. The van der Waals surface area contributed by atoms with Crippen LogP contribution in [0.25, 0.3) is 28.6 Å². The van der Waals surface area contributed by atoms with Crippen LogP contribution in [0.5, 0.6) is 0 Å². The van der Waals surface area contributed by atoms with E-state index in [9.17, 15) is 19.2 Å². The standard InChI is InChI=1S/C40H30N4O5S/c1-25-11-13-26(14-12-25)23-33(42-37(46)27-7-3-2-4-8-27)38(47)41-29-17-21-31(22-18-29)50-35-24-36(45)44(40(35)48)30-19-15-28(16-20-30)39-43-32-9-5-6-10-34(32)49-39/h2-23,35H,24H2,1H3,(H,41,47)(H,42,46)/b33-23-. The number of rotatable bonds is 9. The van der Waals surface area contributed by atoms with E-state index in [0.29, 0.717) is 28.4 Å². The third-order valence-corrected chi connectivity index (χ3v) is 9.28. The molecular formula is C40H30N4O5S. The molecule has 1 atom stereocenters. The minimum absolute atomic E-state index is 0.0587. The van der Waals surface area contributed by atoms with Crippen LogP contribution < -0.4 is 15.5 Å². The third kappa shape index (κ3) is 7.11. The molecule has 6 aromatic rings. The van der Waals surface area contributed by atoms with Gasteiger partial charge < -0.3 is 15.1 Å². The fraction of sp³-hybridized carbons (Fsp3) is 0.0750. The predicted molar refractivity (Wildman–Crippen MR) is 194 cm³/mol. The summed E-state index contributed by atoms with van der Waals surface area (Å²) in [4.78, 5) is 59.2. The lowest BCUT2D eigenvalue weighted by Gasteiger charge is -2.15. The van der Waals surface area contributed by atoms with Crippen LogP contribution in [-0.2, 0) is 14.4 Å². The predicted octanol–water partition coefficient (Wildman–Crippen LogP) is 7.64. The minimum atomic E-state index is -0.600. The van der Waals surface area contributed by atoms with Crippen molar-refractivity contribution >= 4 is 63.9 Å². The highest BCUT2D eigenvalue weighted by atomic mass is 32.2. The SMILES string of the molecule is Cc1ccc(/C=C(\NC(=O)c2ccccc2)C(=O)Nc2ccc(SC3CC(=O)N(c4ccc(-c5nc6ccccc6o5)cc4)C3=O)cc2)cc1. The Hall–Kier alpha value is -6.26. The van der Waals surface area contributed by atoms with Crippen molar-refractivity contribution in [3.63, 3.8) is 0 Å². The van der Waals surface area contributed by atoms with Crippen LogP contribution in [0.2, 0.25) is 0 Å². The van der Waals surface area contributed by atoms with Crippen LogP contribution in [0, 0.1) is 6.92 Å². The van der Waals surface area contributed by atoms with Crippen LogP contribution in [0.15, 0.2) is 142 Å². The molecule has 1 saturated heterocycles. The summed E-state index contributed by atoms with van der Waals surface area (Å²) in [6.07, 6.45) is 1.68. The maximum atomic E-state index is 13.4. The van der Waals surface area contributed by atoms with Gasteiger partial charge in [0.05, 0.1) is 10.9 Å². The Morgan fingerprint density at radius 2 is 1.54 bits per heavy atom. The van der Waals surface area contributed by atoms with E-state index in [2.05, 4.69) is 15.6 Å². The first-order valence-electron chi connectivity index (χ1n) is 15.9. The Labute approximate surface area is 292 Å². The van der Waals surface area contributed by atoms with Crippen molar-refractivity contribution in [2.75, 3.05) is 10.2 Å². The van der Waals surface area contributed by atoms with E-state index in [-0.39, 0.29) is 23.9 Å². The number of hydrogen-bond donors (Lipinski definition) is 2. The molecule has 246 valence electrons. The summed E-state index contributed by atoms with van der Waals surface area (Å²) in [7, 11) is 0. The lowest BCUT2D eigenvalue weighted by Crippen LogP contribution is -2.31. The largest absolute Gasteiger partial charge is 0.436 e. The number of aryl methyl sites for hydroxylation is 1. The molecule has 10 heteroatoms. The van der Waals surface area contributed by atoms with Crippen molar-refractivity contribution in [2.24, 2.45) is 0 Å². The van der Waals surface area contributed by atoms with Crippen molar-refractivity contribution in [3.8, 4) is 11.5 Å². The molecule has 1 aliphatic rings. The topological polar surface area (TPSA) is 122 Å². The molecule has 1 aliphatic heterocycles. The zero-order chi connectivity index (χ0) is 34.6. The first-order valence-corrected chi connectivity index (χ1v) is 16.7. The number of benzene rings is 5. The highest BCUT2D eigenvalue weighted by molar-refractivity contribution is 8.00. The number of imide groups is 1. The van der Waals surface area contributed by atoms with Crippen molar-refractivity contribution in [3.05, 3.63) is 150 Å². The van der Waals surface area contributed by atoms with E-state index in [0.717, 1.165) is 27.1 Å². The maximum Gasteiger partial charge on any atom is 0.272 e. The number of thioether (sulfide) groups is 1. The van der Waals surface area contributed by atoms with E-state index in [1.54, 1.807) is 78.9 Å². The Balaban J connectivity index is 1.01. The van der Waals surface area contributed by atoms with E-state index in [4.69, 9.17) is 4.42 Å². The molecule has 0 saturated carbocycles. The van der Waals surface area contributed by atoms with Gasteiger partial charge in [0.15, 0.2) is 5.58 Å². The van der Waals surface area contributed by atoms with Crippen LogP contribution in [0.3, 0.4) is 0 Å². The molecule has 2 N–H and O–H groups in total. The first-order chi connectivity index (χ1) is 24.3.